The highest BCUT2D eigenvalue weighted by Crippen LogP contribution is 2.37. The summed E-state index contributed by atoms with van der Waals surface area (Å²) in [5.41, 5.74) is 2.99. The molecule has 0 bridgehead atoms. The smallest absolute Gasteiger partial charge is 0.324 e. The van der Waals surface area contributed by atoms with Crippen molar-refractivity contribution in [3.63, 3.8) is 0 Å². The Bertz CT molecular complexity index is 1490. The summed E-state index contributed by atoms with van der Waals surface area (Å²) >= 11 is 1.61. The van der Waals surface area contributed by atoms with Gasteiger partial charge in [-0.25, -0.2) is 14.8 Å². The van der Waals surface area contributed by atoms with Crippen molar-refractivity contribution in [3.8, 4) is 11.3 Å². The van der Waals surface area contributed by atoms with Crippen molar-refractivity contribution in [1.82, 2.24) is 25.3 Å². The number of aromatic amines is 1. The summed E-state index contributed by atoms with van der Waals surface area (Å²) in [6.07, 6.45) is 3.27. The van der Waals surface area contributed by atoms with Gasteiger partial charge in [0, 0.05) is 32.5 Å². The van der Waals surface area contributed by atoms with E-state index in [4.69, 9.17) is 4.52 Å². The fourth-order valence-corrected chi connectivity index (χ4v) is 4.38. The molecule has 5 aromatic rings. The zero-order valence-electron chi connectivity index (χ0n) is 19.4. The fourth-order valence-electron chi connectivity index (χ4n) is 3.43. The van der Waals surface area contributed by atoms with E-state index in [9.17, 15) is 4.79 Å². The summed E-state index contributed by atoms with van der Waals surface area (Å²) in [5.74, 6) is 1.07. The van der Waals surface area contributed by atoms with Crippen LogP contribution in [0.15, 0.2) is 81.4 Å². The van der Waals surface area contributed by atoms with Crippen LogP contribution in [0.4, 0.5) is 16.3 Å². The topological polar surface area (TPSA) is 122 Å². The molecule has 0 saturated carbocycles. The van der Waals surface area contributed by atoms with Crippen molar-refractivity contribution in [2.45, 2.75) is 36.0 Å². The van der Waals surface area contributed by atoms with Gasteiger partial charge >= 0.3 is 6.03 Å². The summed E-state index contributed by atoms with van der Waals surface area (Å²) in [6, 6.07) is 17.0. The molecule has 0 aliphatic carbocycles. The molecule has 0 fully saturated rings. The first-order valence-electron chi connectivity index (χ1n) is 10.9. The van der Waals surface area contributed by atoms with Crippen molar-refractivity contribution in [3.05, 3.63) is 72.9 Å². The summed E-state index contributed by atoms with van der Waals surface area (Å²) in [7, 11) is 0. The average Bonchev–Trinajstić information content (AvgIpc) is 3.50. The monoisotopic (exact) mass is 485 g/mol. The number of H-pyrrole nitrogens is 1. The van der Waals surface area contributed by atoms with E-state index in [0.717, 1.165) is 26.4 Å². The van der Waals surface area contributed by atoms with E-state index in [1.807, 2.05) is 63.2 Å². The second-order valence-electron chi connectivity index (χ2n) is 8.88. The van der Waals surface area contributed by atoms with Crippen LogP contribution in [-0.4, -0.2) is 31.4 Å². The van der Waals surface area contributed by atoms with Crippen LogP contribution in [0.2, 0.25) is 0 Å². The predicted octanol–water partition coefficient (Wildman–Crippen LogP) is 6.10. The van der Waals surface area contributed by atoms with Gasteiger partial charge in [0.15, 0.2) is 11.5 Å². The third kappa shape index (κ3) is 5.02. The summed E-state index contributed by atoms with van der Waals surface area (Å²) in [6.45, 7) is 6.04. The van der Waals surface area contributed by atoms with E-state index < -0.39 is 6.03 Å². The molecule has 0 aliphatic heterocycles. The summed E-state index contributed by atoms with van der Waals surface area (Å²) in [4.78, 5) is 23.2. The second-order valence-corrected chi connectivity index (χ2v) is 10.00. The Hall–Kier alpha value is -4.18. The zero-order valence-corrected chi connectivity index (χ0v) is 20.2. The van der Waals surface area contributed by atoms with Gasteiger partial charge in [0.2, 0.25) is 0 Å². The Morgan fingerprint density at radius 3 is 2.60 bits per heavy atom. The van der Waals surface area contributed by atoms with Crippen molar-refractivity contribution in [2.24, 2.45) is 0 Å². The highest BCUT2D eigenvalue weighted by molar-refractivity contribution is 7.99. The van der Waals surface area contributed by atoms with Crippen LogP contribution in [0.3, 0.4) is 0 Å². The van der Waals surface area contributed by atoms with Crippen molar-refractivity contribution in [2.75, 3.05) is 10.6 Å². The molecule has 35 heavy (non-hydrogen) atoms. The Morgan fingerprint density at radius 2 is 1.83 bits per heavy atom. The predicted molar refractivity (Wildman–Crippen MR) is 136 cm³/mol. The van der Waals surface area contributed by atoms with Crippen molar-refractivity contribution in [1.29, 1.82) is 0 Å². The van der Waals surface area contributed by atoms with Gasteiger partial charge in [0.05, 0.1) is 17.3 Å². The number of nitrogens with one attached hydrogen (secondary N) is 3. The molecule has 0 saturated heterocycles. The van der Waals surface area contributed by atoms with Crippen LogP contribution >= 0.6 is 11.8 Å². The van der Waals surface area contributed by atoms with Gasteiger partial charge in [-0.1, -0.05) is 55.9 Å². The normalized spacial score (nSPS) is 11.5. The maximum atomic E-state index is 12.4. The first kappa shape index (κ1) is 22.6. The van der Waals surface area contributed by atoms with Gasteiger partial charge < -0.3 is 9.84 Å². The number of anilines is 2. The summed E-state index contributed by atoms with van der Waals surface area (Å²) in [5, 5.41) is 17.3. The van der Waals surface area contributed by atoms with Gasteiger partial charge in [-0.3, -0.25) is 10.4 Å². The molecule has 2 aromatic carbocycles. The van der Waals surface area contributed by atoms with E-state index in [2.05, 4.69) is 42.0 Å². The lowest BCUT2D eigenvalue weighted by atomic mass is 9.93. The first-order chi connectivity index (χ1) is 16.9. The third-order valence-corrected chi connectivity index (χ3v) is 6.30. The summed E-state index contributed by atoms with van der Waals surface area (Å²) < 4.78 is 5.30. The quantitative estimate of drug-likeness (QED) is 0.275. The number of carbonyl (C=O) groups excluding carboxylic acids is 1. The second kappa shape index (κ2) is 9.22. The van der Waals surface area contributed by atoms with Crippen LogP contribution in [0.1, 0.15) is 26.5 Å². The molecule has 0 atom stereocenters. The van der Waals surface area contributed by atoms with Crippen molar-refractivity contribution >= 4 is 40.3 Å². The van der Waals surface area contributed by atoms with Crippen molar-refractivity contribution < 1.29 is 9.32 Å². The minimum absolute atomic E-state index is 0.187. The fraction of sp³-hybridized carbons (Fsp3) is 0.160. The van der Waals surface area contributed by atoms with Crippen LogP contribution in [0.25, 0.3) is 22.3 Å². The van der Waals surface area contributed by atoms with Crippen LogP contribution in [-0.2, 0) is 5.41 Å². The van der Waals surface area contributed by atoms with Crippen LogP contribution in [0.5, 0.6) is 0 Å². The minimum Gasteiger partial charge on any atom is -0.359 e. The third-order valence-electron chi connectivity index (χ3n) is 5.22. The number of rotatable bonds is 5. The highest BCUT2D eigenvalue weighted by Gasteiger charge is 2.20. The number of hydrogen-bond acceptors (Lipinski definition) is 7. The van der Waals surface area contributed by atoms with Gasteiger partial charge in [0.1, 0.15) is 12.1 Å². The number of benzene rings is 2. The molecule has 0 spiro atoms. The molecule has 2 amide bonds. The number of hydrogen-bond donors (Lipinski definition) is 3. The maximum Gasteiger partial charge on any atom is 0.324 e. The highest BCUT2D eigenvalue weighted by atomic mass is 32.2. The molecule has 10 heteroatoms. The minimum atomic E-state index is -0.391. The lowest BCUT2D eigenvalue weighted by Crippen LogP contribution is -2.19. The number of urea groups is 1. The first-order valence-corrected chi connectivity index (χ1v) is 11.7. The van der Waals surface area contributed by atoms with Gasteiger partial charge in [-0.2, -0.15) is 5.10 Å². The molecule has 3 heterocycles. The Labute approximate surface area is 205 Å². The lowest BCUT2D eigenvalue weighted by molar-refractivity contribution is 0.262. The van der Waals surface area contributed by atoms with Gasteiger partial charge in [-0.15, -0.1) is 0 Å². The van der Waals surface area contributed by atoms with E-state index in [0.29, 0.717) is 22.9 Å². The Kier molecular flexibility index (Phi) is 5.96. The van der Waals surface area contributed by atoms with Gasteiger partial charge in [-0.05, 0) is 30.3 Å². The standard InChI is InChI=1S/C25H23N7O2S/c1-25(2,3)20-12-21(32-34-20)30-24(33)29-15-8-10-16(11-9-15)35-19-7-5-4-6-17(19)22-18-13-28-31-23(18)27-14-26-22/h4-14H,1-3H3,(H,26,27,28,31)(H2,29,30,32,33). The molecule has 0 unspecified atom stereocenters. The van der Waals surface area contributed by atoms with E-state index >= 15 is 0 Å². The number of amides is 2. The molecule has 5 rings (SSSR count). The van der Waals surface area contributed by atoms with Gasteiger partial charge in [0.25, 0.3) is 0 Å². The molecular formula is C25H23N7O2S. The number of fused-ring (bicyclic) bond motifs is 1. The molecule has 0 radical (unpaired) electrons. The zero-order chi connectivity index (χ0) is 24.4. The lowest BCUT2D eigenvalue weighted by Gasteiger charge is -2.12. The SMILES string of the molecule is CC(C)(C)c1cc(NC(=O)Nc2ccc(Sc3ccccc3-c3ncnc4[nH]ncc34)cc2)no1. The van der Waals surface area contributed by atoms with E-state index in [-0.39, 0.29) is 5.41 Å². The van der Waals surface area contributed by atoms with E-state index in [1.165, 1.54) is 6.33 Å². The van der Waals surface area contributed by atoms with Crippen LogP contribution in [0, 0.1) is 0 Å². The number of nitrogens with zero attached hydrogens (tertiary/aromatic N) is 4. The Balaban J connectivity index is 1.28. The molecule has 3 aromatic heterocycles. The largest absolute Gasteiger partial charge is 0.359 e. The van der Waals surface area contributed by atoms with Crippen LogP contribution < -0.4 is 10.6 Å². The Morgan fingerprint density at radius 1 is 1.03 bits per heavy atom. The average molecular weight is 486 g/mol. The number of carbonyl (C=O) groups is 1. The molecule has 3 N–H and O–H groups in total. The number of aromatic nitrogens is 5. The molecular weight excluding hydrogens is 462 g/mol. The maximum absolute atomic E-state index is 12.4. The molecule has 0 aliphatic rings. The molecule has 9 nitrogen and oxygen atoms in total. The molecule has 176 valence electrons. The van der Waals surface area contributed by atoms with E-state index in [1.54, 1.807) is 24.0 Å².